The standard InChI is InChI=1S/C23H24F3N3O2/c24-23(25,26)19-9-7-18(8-10-19)22(31)28-14-12-27(13-15-28)16-21(30)29-11-3-5-17-4-1-2-6-20(17)29/h1-2,4,6-10H,3,5,11-16H2. The van der Waals surface area contributed by atoms with E-state index < -0.39 is 11.7 Å². The van der Waals surface area contributed by atoms with Crippen LogP contribution in [0.5, 0.6) is 0 Å². The molecule has 0 unspecified atom stereocenters. The van der Waals surface area contributed by atoms with Gasteiger partial charge in [-0.2, -0.15) is 13.2 Å². The Bertz CT molecular complexity index is 951. The van der Waals surface area contributed by atoms with Gasteiger partial charge in [-0.25, -0.2) is 0 Å². The molecule has 0 saturated carbocycles. The molecule has 0 N–H and O–H groups in total. The van der Waals surface area contributed by atoms with Gasteiger partial charge in [-0.15, -0.1) is 0 Å². The summed E-state index contributed by atoms with van der Waals surface area (Å²) in [7, 11) is 0. The number of fused-ring (bicyclic) bond motifs is 1. The van der Waals surface area contributed by atoms with Gasteiger partial charge in [0.25, 0.3) is 5.91 Å². The highest BCUT2D eigenvalue weighted by atomic mass is 19.4. The van der Waals surface area contributed by atoms with Crippen LogP contribution in [-0.2, 0) is 17.4 Å². The predicted molar refractivity (Wildman–Crippen MR) is 111 cm³/mol. The molecular formula is C23H24F3N3O2. The van der Waals surface area contributed by atoms with E-state index in [0.717, 1.165) is 30.7 Å². The number of nitrogens with zero attached hydrogens (tertiary/aromatic N) is 3. The second-order valence-electron chi connectivity index (χ2n) is 7.92. The quantitative estimate of drug-likeness (QED) is 0.748. The minimum absolute atomic E-state index is 0.0506. The first kappa shape index (κ1) is 21.4. The Hall–Kier alpha value is -2.87. The Morgan fingerprint density at radius 1 is 0.871 bits per heavy atom. The van der Waals surface area contributed by atoms with Crippen molar-refractivity contribution in [3.63, 3.8) is 0 Å². The third-order valence-electron chi connectivity index (χ3n) is 5.89. The minimum Gasteiger partial charge on any atom is -0.336 e. The molecule has 0 spiro atoms. The van der Waals surface area contributed by atoms with E-state index in [9.17, 15) is 22.8 Å². The highest BCUT2D eigenvalue weighted by Gasteiger charge is 2.31. The Balaban J connectivity index is 1.32. The van der Waals surface area contributed by atoms with Crippen molar-refractivity contribution in [1.82, 2.24) is 9.80 Å². The lowest BCUT2D eigenvalue weighted by Gasteiger charge is -2.36. The number of para-hydroxylation sites is 1. The van der Waals surface area contributed by atoms with E-state index in [2.05, 4.69) is 6.07 Å². The average Bonchev–Trinajstić information content (AvgIpc) is 2.78. The van der Waals surface area contributed by atoms with E-state index >= 15 is 0 Å². The molecule has 2 aliphatic rings. The fraction of sp³-hybridized carbons (Fsp3) is 0.391. The molecule has 5 nitrogen and oxygen atoms in total. The van der Waals surface area contributed by atoms with Crippen molar-refractivity contribution < 1.29 is 22.8 Å². The van der Waals surface area contributed by atoms with E-state index in [-0.39, 0.29) is 23.9 Å². The summed E-state index contributed by atoms with van der Waals surface area (Å²) in [5.41, 5.74) is 1.64. The van der Waals surface area contributed by atoms with E-state index in [1.165, 1.54) is 17.7 Å². The molecule has 2 amide bonds. The first-order valence-corrected chi connectivity index (χ1v) is 10.4. The Morgan fingerprint density at radius 2 is 1.55 bits per heavy atom. The number of amides is 2. The summed E-state index contributed by atoms with van der Waals surface area (Å²) in [6, 6.07) is 12.3. The molecule has 0 radical (unpaired) electrons. The SMILES string of the molecule is O=C(c1ccc(C(F)(F)F)cc1)N1CCN(CC(=O)N2CCCc3ccccc32)CC1. The number of halogens is 3. The zero-order valence-electron chi connectivity index (χ0n) is 17.1. The molecule has 2 aromatic carbocycles. The number of anilines is 1. The van der Waals surface area contributed by atoms with Crippen LogP contribution >= 0.6 is 0 Å². The molecule has 2 heterocycles. The van der Waals surface area contributed by atoms with Crippen LogP contribution in [0.1, 0.15) is 27.9 Å². The first-order chi connectivity index (χ1) is 14.8. The number of alkyl halides is 3. The number of carbonyl (C=O) groups is 2. The molecule has 0 aliphatic carbocycles. The summed E-state index contributed by atoms with van der Waals surface area (Å²) in [4.78, 5) is 31.0. The van der Waals surface area contributed by atoms with Gasteiger partial charge in [0.05, 0.1) is 12.1 Å². The van der Waals surface area contributed by atoms with Gasteiger partial charge < -0.3 is 9.80 Å². The van der Waals surface area contributed by atoms with Gasteiger partial charge in [-0.05, 0) is 48.7 Å². The van der Waals surface area contributed by atoms with Gasteiger partial charge in [0.1, 0.15) is 0 Å². The predicted octanol–water partition coefficient (Wildman–Crippen LogP) is 3.44. The second kappa shape index (κ2) is 8.70. The van der Waals surface area contributed by atoms with Crippen LogP contribution in [0, 0.1) is 0 Å². The van der Waals surface area contributed by atoms with E-state index in [0.29, 0.717) is 32.7 Å². The topological polar surface area (TPSA) is 43.9 Å². The van der Waals surface area contributed by atoms with Crippen molar-refractivity contribution in [2.75, 3.05) is 44.2 Å². The number of benzene rings is 2. The van der Waals surface area contributed by atoms with E-state index in [1.54, 1.807) is 4.90 Å². The van der Waals surface area contributed by atoms with Crippen LogP contribution in [-0.4, -0.2) is 60.9 Å². The Kier molecular flexibility index (Phi) is 6.00. The van der Waals surface area contributed by atoms with Crippen molar-refractivity contribution in [3.05, 3.63) is 65.2 Å². The van der Waals surface area contributed by atoms with Gasteiger partial charge in [0, 0.05) is 44.0 Å². The van der Waals surface area contributed by atoms with Crippen molar-refractivity contribution in [2.24, 2.45) is 0 Å². The summed E-state index contributed by atoms with van der Waals surface area (Å²) in [5, 5.41) is 0. The van der Waals surface area contributed by atoms with Crippen LogP contribution in [0.3, 0.4) is 0 Å². The zero-order valence-corrected chi connectivity index (χ0v) is 17.1. The fourth-order valence-corrected chi connectivity index (χ4v) is 4.16. The van der Waals surface area contributed by atoms with Crippen LogP contribution < -0.4 is 4.90 Å². The summed E-state index contributed by atoms with van der Waals surface area (Å²) < 4.78 is 38.1. The third-order valence-corrected chi connectivity index (χ3v) is 5.89. The van der Waals surface area contributed by atoms with Gasteiger partial charge in [-0.1, -0.05) is 18.2 Å². The average molecular weight is 431 g/mol. The molecule has 1 fully saturated rings. The first-order valence-electron chi connectivity index (χ1n) is 10.4. The van der Waals surface area contributed by atoms with Crippen molar-refractivity contribution in [2.45, 2.75) is 19.0 Å². The van der Waals surface area contributed by atoms with Crippen molar-refractivity contribution in [3.8, 4) is 0 Å². The van der Waals surface area contributed by atoms with Crippen molar-refractivity contribution >= 4 is 17.5 Å². The Labute approximate surface area is 179 Å². The zero-order chi connectivity index (χ0) is 22.0. The van der Waals surface area contributed by atoms with Crippen molar-refractivity contribution in [1.29, 1.82) is 0 Å². The lowest BCUT2D eigenvalue weighted by molar-refractivity contribution is -0.137. The lowest BCUT2D eigenvalue weighted by atomic mass is 10.0. The van der Waals surface area contributed by atoms with Gasteiger partial charge >= 0.3 is 6.18 Å². The number of aryl methyl sites for hydroxylation is 1. The molecule has 0 bridgehead atoms. The number of hydrogen-bond acceptors (Lipinski definition) is 3. The molecule has 2 aliphatic heterocycles. The van der Waals surface area contributed by atoms with Crippen LogP contribution in [0.2, 0.25) is 0 Å². The number of rotatable bonds is 3. The summed E-state index contributed by atoms with van der Waals surface area (Å²) in [6.07, 6.45) is -2.50. The molecular weight excluding hydrogens is 407 g/mol. The third kappa shape index (κ3) is 4.74. The normalized spacial score (nSPS) is 17.4. The smallest absolute Gasteiger partial charge is 0.336 e. The number of carbonyl (C=O) groups excluding carboxylic acids is 2. The molecule has 0 atom stereocenters. The molecule has 4 rings (SSSR count). The highest BCUT2D eigenvalue weighted by molar-refractivity contribution is 5.96. The molecule has 1 saturated heterocycles. The summed E-state index contributed by atoms with van der Waals surface area (Å²) in [6.45, 7) is 2.97. The maximum atomic E-state index is 12.9. The number of hydrogen-bond donors (Lipinski definition) is 0. The fourth-order valence-electron chi connectivity index (χ4n) is 4.16. The van der Waals surface area contributed by atoms with Crippen LogP contribution in [0.25, 0.3) is 0 Å². The minimum atomic E-state index is -4.42. The molecule has 164 valence electrons. The van der Waals surface area contributed by atoms with Gasteiger partial charge in [0.15, 0.2) is 0 Å². The van der Waals surface area contributed by atoms with E-state index in [1.807, 2.05) is 28.0 Å². The molecule has 31 heavy (non-hydrogen) atoms. The maximum Gasteiger partial charge on any atom is 0.416 e. The monoisotopic (exact) mass is 431 g/mol. The summed E-state index contributed by atoms with van der Waals surface area (Å²) >= 11 is 0. The maximum absolute atomic E-state index is 12.9. The van der Waals surface area contributed by atoms with Crippen LogP contribution in [0.4, 0.5) is 18.9 Å². The van der Waals surface area contributed by atoms with Gasteiger partial charge in [-0.3, -0.25) is 14.5 Å². The molecule has 0 aromatic heterocycles. The summed E-state index contributed by atoms with van der Waals surface area (Å²) in [5.74, 6) is -0.237. The van der Waals surface area contributed by atoms with Gasteiger partial charge in [0.2, 0.25) is 5.91 Å². The second-order valence-corrected chi connectivity index (χ2v) is 7.92. The molecule has 2 aromatic rings. The lowest BCUT2D eigenvalue weighted by Crippen LogP contribution is -2.52. The molecule has 8 heteroatoms. The number of piperazine rings is 1. The highest BCUT2D eigenvalue weighted by Crippen LogP contribution is 2.29. The largest absolute Gasteiger partial charge is 0.416 e. The van der Waals surface area contributed by atoms with E-state index in [4.69, 9.17) is 0 Å². The van der Waals surface area contributed by atoms with Crippen LogP contribution in [0.15, 0.2) is 48.5 Å². The Morgan fingerprint density at radius 3 is 2.23 bits per heavy atom.